The van der Waals surface area contributed by atoms with E-state index in [4.69, 9.17) is 0 Å². The minimum atomic E-state index is -0.471. The lowest BCUT2D eigenvalue weighted by Crippen LogP contribution is -2.46. The van der Waals surface area contributed by atoms with Crippen LogP contribution in [0.2, 0.25) is 0 Å². The van der Waals surface area contributed by atoms with Crippen LogP contribution < -0.4 is 5.32 Å². The van der Waals surface area contributed by atoms with Crippen LogP contribution >= 0.6 is 15.9 Å². The van der Waals surface area contributed by atoms with Crippen molar-refractivity contribution < 1.29 is 9.59 Å². The third kappa shape index (κ3) is 4.35. The predicted molar refractivity (Wildman–Crippen MR) is 78.5 cm³/mol. The summed E-state index contributed by atoms with van der Waals surface area (Å²) in [5.74, 6) is -0.182. The molecule has 1 aromatic carbocycles. The van der Waals surface area contributed by atoms with Crippen LogP contribution in [0.15, 0.2) is 28.7 Å². The number of nitrogens with one attached hydrogen (secondary N) is 1. The lowest BCUT2D eigenvalue weighted by atomic mass is 10.1. The van der Waals surface area contributed by atoms with Crippen LogP contribution in [0.25, 0.3) is 0 Å². The highest BCUT2D eigenvalue weighted by molar-refractivity contribution is 9.10. The quantitative estimate of drug-likeness (QED) is 0.902. The first kappa shape index (κ1) is 15.7. The van der Waals surface area contributed by atoms with Gasteiger partial charge >= 0.3 is 0 Å². The van der Waals surface area contributed by atoms with Crippen molar-refractivity contribution in [3.05, 3.63) is 34.3 Å². The second-order valence-electron chi connectivity index (χ2n) is 4.29. The normalized spacial score (nSPS) is 11.8. The van der Waals surface area contributed by atoms with Gasteiger partial charge in [0.05, 0.1) is 0 Å². The topological polar surface area (TPSA) is 49.4 Å². The highest BCUT2D eigenvalue weighted by Crippen LogP contribution is 2.14. The lowest BCUT2D eigenvalue weighted by Gasteiger charge is -2.28. The number of benzene rings is 1. The van der Waals surface area contributed by atoms with Gasteiger partial charge in [0.2, 0.25) is 11.8 Å². The molecule has 0 aliphatic rings. The summed E-state index contributed by atoms with van der Waals surface area (Å²) in [5, 5.41) is 2.58. The number of hydrogen-bond donors (Lipinski definition) is 1. The molecular weight excluding hydrogens is 308 g/mol. The van der Waals surface area contributed by atoms with Gasteiger partial charge in [-0.2, -0.15) is 0 Å². The van der Waals surface area contributed by atoms with E-state index >= 15 is 0 Å². The summed E-state index contributed by atoms with van der Waals surface area (Å²) in [6.45, 7) is 3.98. The van der Waals surface area contributed by atoms with Crippen molar-refractivity contribution >= 4 is 27.7 Å². The van der Waals surface area contributed by atoms with Gasteiger partial charge in [-0.3, -0.25) is 9.59 Å². The van der Waals surface area contributed by atoms with Gasteiger partial charge in [-0.15, -0.1) is 0 Å². The molecule has 0 spiro atoms. The lowest BCUT2D eigenvalue weighted by molar-refractivity contribution is -0.140. The van der Waals surface area contributed by atoms with E-state index in [1.54, 1.807) is 25.8 Å². The Morgan fingerprint density at radius 1 is 1.32 bits per heavy atom. The zero-order chi connectivity index (χ0) is 14.4. The minimum absolute atomic E-state index is 0.0287. The molecule has 0 aromatic heterocycles. The van der Waals surface area contributed by atoms with Crippen LogP contribution in [0.4, 0.5) is 0 Å². The molecule has 1 atom stereocenters. The van der Waals surface area contributed by atoms with Crippen LogP contribution in [0.3, 0.4) is 0 Å². The maximum Gasteiger partial charge on any atom is 0.242 e. The largest absolute Gasteiger partial charge is 0.357 e. The fraction of sp³-hybridized carbons (Fsp3) is 0.429. The molecule has 0 unspecified atom stereocenters. The van der Waals surface area contributed by atoms with Crippen molar-refractivity contribution in [1.82, 2.24) is 10.2 Å². The number of carbonyl (C=O) groups excluding carboxylic acids is 2. The predicted octanol–water partition coefficient (Wildman–Crippen LogP) is 2.32. The van der Waals surface area contributed by atoms with E-state index < -0.39 is 6.04 Å². The second kappa shape index (κ2) is 7.28. The Hall–Kier alpha value is -1.36. The number of carbonyl (C=O) groups is 2. The number of likely N-dealkylation sites (N-methyl/N-ethyl adjacent to an activating group) is 1. The molecule has 5 heteroatoms. The van der Waals surface area contributed by atoms with Gasteiger partial charge in [-0.05, 0) is 24.6 Å². The molecule has 1 aromatic rings. The van der Waals surface area contributed by atoms with Crippen molar-refractivity contribution in [2.24, 2.45) is 0 Å². The van der Waals surface area contributed by atoms with Gasteiger partial charge in [0.25, 0.3) is 0 Å². The van der Waals surface area contributed by atoms with Gasteiger partial charge in [0, 0.05) is 24.5 Å². The fourth-order valence-electron chi connectivity index (χ4n) is 1.78. The van der Waals surface area contributed by atoms with E-state index in [0.29, 0.717) is 13.0 Å². The maximum atomic E-state index is 12.0. The molecule has 0 saturated carbocycles. The van der Waals surface area contributed by atoms with Gasteiger partial charge in [-0.25, -0.2) is 0 Å². The van der Waals surface area contributed by atoms with Crippen molar-refractivity contribution in [2.75, 3.05) is 7.05 Å². The van der Waals surface area contributed by atoms with Crippen molar-refractivity contribution in [1.29, 1.82) is 0 Å². The summed E-state index contributed by atoms with van der Waals surface area (Å²) in [6.07, 6.45) is 0.387. The van der Waals surface area contributed by atoms with Crippen molar-refractivity contribution in [3.8, 4) is 0 Å². The monoisotopic (exact) mass is 326 g/mol. The van der Waals surface area contributed by atoms with Gasteiger partial charge in [0.15, 0.2) is 0 Å². The van der Waals surface area contributed by atoms with E-state index in [9.17, 15) is 9.59 Å². The molecule has 0 saturated heterocycles. The maximum absolute atomic E-state index is 12.0. The number of amides is 2. The molecule has 1 rings (SSSR count). The molecule has 1 N–H and O–H groups in total. The first-order chi connectivity index (χ1) is 8.99. The molecule has 0 radical (unpaired) electrons. The number of halogens is 1. The van der Waals surface area contributed by atoms with Gasteiger partial charge < -0.3 is 10.2 Å². The average Bonchev–Trinajstić information content (AvgIpc) is 2.44. The highest BCUT2D eigenvalue weighted by atomic mass is 79.9. The molecule has 0 bridgehead atoms. The van der Waals surface area contributed by atoms with Gasteiger partial charge in [0.1, 0.15) is 6.04 Å². The van der Waals surface area contributed by atoms with Gasteiger partial charge in [-0.1, -0.05) is 35.0 Å². The summed E-state index contributed by atoms with van der Waals surface area (Å²) in [7, 11) is 1.58. The molecule has 0 heterocycles. The van der Waals surface area contributed by atoms with E-state index in [1.165, 1.54) is 0 Å². The Morgan fingerprint density at radius 3 is 2.37 bits per heavy atom. The number of hydrogen-bond acceptors (Lipinski definition) is 2. The highest BCUT2D eigenvalue weighted by Gasteiger charge is 2.24. The SMILES string of the molecule is CCC(=O)N(Cc1ccc(Br)cc1)[C@@H](C)C(=O)NC. The summed E-state index contributed by atoms with van der Waals surface area (Å²) in [6, 6.07) is 7.26. The second-order valence-corrected chi connectivity index (χ2v) is 5.21. The Bertz CT molecular complexity index is 445. The summed E-state index contributed by atoms with van der Waals surface area (Å²) >= 11 is 3.37. The molecule has 2 amide bonds. The fourth-order valence-corrected chi connectivity index (χ4v) is 2.05. The summed E-state index contributed by atoms with van der Waals surface area (Å²) in [5.41, 5.74) is 1.00. The zero-order valence-electron chi connectivity index (χ0n) is 11.4. The Balaban J connectivity index is 2.89. The minimum Gasteiger partial charge on any atom is -0.357 e. The van der Waals surface area contributed by atoms with E-state index in [0.717, 1.165) is 10.0 Å². The van der Waals surface area contributed by atoms with Crippen LogP contribution in [-0.4, -0.2) is 29.8 Å². The molecule has 19 heavy (non-hydrogen) atoms. The van der Waals surface area contributed by atoms with E-state index in [-0.39, 0.29) is 11.8 Å². The smallest absolute Gasteiger partial charge is 0.242 e. The number of rotatable bonds is 5. The molecule has 104 valence electrons. The molecule has 0 aliphatic heterocycles. The first-order valence-electron chi connectivity index (χ1n) is 6.25. The summed E-state index contributed by atoms with van der Waals surface area (Å²) in [4.78, 5) is 25.3. The standard InChI is InChI=1S/C14H19BrN2O2/c1-4-13(18)17(10(2)14(19)16-3)9-11-5-7-12(15)8-6-11/h5-8,10H,4,9H2,1-3H3,(H,16,19)/t10-/m0/s1. The molecular formula is C14H19BrN2O2. The van der Waals surface area contributed by atoms with Crippen LogP contribution in [0.1, 0.15) is 25.8 Å². The van der Waals surface area contributed by atoms with Crippen LogP contribution in [-0.2, 0) is 16.1 Å². The number of nitrogens with zero attached hydrogens (tertiary/aromatic N) is 1. The molecule has 0 aliphatic carbocycles. The Morgan fingerprint density at radius 2 is 1.89 bits per heavy atom. The molecule has 4 nitrogen and oxygen atoms in total. The zero-order valence-corrected chi connectivity index (χ0v) is 13.0. The average molecular weight is 327 g/mol. The van der Waals surface area contributed by atoms with Crippen LogP contribution in [0.5, 0.6) is 0 Å². The Labute approximate surface area is 122 Å². The van der Waals surface area contributed by atoms with Crippen molar-refractivity contribution in [2.45, 2.75) is 32.9 Å². The molecule has 0 fully saturated rings. The van der Waals surface area contributed by atoms with Crippen molar-refractivity contribution in [3.63, 3.8) is 0 Å². The third-order valence-corrected chi connectivity index (χ3v) is 3.51. The first-order valence-corrected chi connectivity index (χ1v) is 7.04. The van der Waals surface area contributed by atoms with Crippen LogP contribution in [0, 0.1) is 0 Å². The third-order valence-electron chi connectivity index (χ3n) is 2.98. The summed E-state index contributed by atoms with van der Waals surface area (Å²) < 4.78 is 0.990. The Kier molecular flexibility index (Phi) is 6.02. The van der Waals surface area contributed by atoms with E-state index in [2.05, 4.69) is 21.2 Å². The van der Waals surface area contributed by atoms with E-state index in [1.807, 2.05) is 24.3 Å².